The smallest absolute Gasteiger partial charge is 0.159 e. The summed E-state index contributed by atoms with van der Waals surface area (Å²) < 4.78 is 0. The van der Waals surface area contributed by atoms with Gasteiger partial charge in [0.1, 0.15) is 0 Å². The molecule has 182 valence electrons. The van der Waals surface area contributed by atoms with Gasteiger partial charge in [0.15, 0.2) is 5.82 Å². The van der Waals surface area contributed by atoms with E-state index in [1.165, 1.54) is 107 Å². The van der Waals surface area contributed by atoms with Crippen LogP contribution < -0.4 is 0 Å². The molecule has 33 heavy (non-hydrogen) atoms. The highest BCUT2D eigenvalue weighted by molar-refractivity contribution is 5.57. The van der Waals surface area contributed by atoms with E-state index in [4.69, 9.17) is 0 Å². The minimum atomic E-state index is 0.851. The molecule has 0 bridgehead atoms. The van der Waals surface area contributed by atoms with Crippen LogP contribution in [0.25, 0.3) is 11.4 Å². The summed E-state index contributed by atoms with van der Waals surface area (Å²) >= 11 is 0. The molecule has 1 fully saturated rings. The van der Waals surface area contributed by atoms with Crippen LogP contribution in [-0.2, 0) is 12.8 Å². The predicted molar refractivity (Wildman–Crippen MR) is 143 cm³/mol. The first-order valence-electron chi connectivity index (χ1n) is 14.1. The van der Waals surface area contributed by atoms with Gasteiger partial charge in [0, 0.05) is 18.0 Å². The monoisotopic (exact) mass is 448 g/mol. The lowest BCUT2D eigenvalue weighted by Gasteiger charge is -2.28. The van der Waals surface area contributed by atoms with E-state index in [-0.39, 0.29) is 0 Å². The van der Waals surface area contributed by atoms with Crippen LogP contribution in [0.1, 0.15) is 120 Å². The van der Waals surface area contributed by atoms with Gasteiger partial charge in [-0.25, -0.2) is 9.97 Å². The van der Waals surface area contributed by atoms with Crippen molar-refractivity contribution < 1.29 is 0 Å². The third-order valence-electron chi connectivity index (χ3n) is 7.85. The number of hydrogen-bond acceptors (Lipinski definition) is 2. The van der Waals surface area contributed by atoms with Gasteiger partial charge in [-0.1, -0.05) is 109 Å². The number of aryl methyl sites for hydroxylation is 3. The second-order valence-electron chi connectivity index (χ2n) is 10.6. The Balaban J connectivity index is 1.36. The lowest BCUT2D eigenvalue weighted by Crippen LogP contribution is -2.15. The summed E-state index contributed by atoms with van der Waals surface area (Å²) in [6.45, 7) is 6.75. The molecule has 1 aliphatic rings. The van der Waals surface area contributed by atoms with Crippen molar-refractivity contribution >= 4 is 0 Å². The van der Waals surface area contributed by atoms with E-state index in [1.807, 2.05) is 12.4 Å². The molecule has 0 atom stereocenters. The van der Waals surface area contributed by atoms with E-state index >= 15 is 0 Å². The molecule has 1 aromatic heterocycles. The SMILES string of the molecule is CCCCCCCCC[C@H]1CC[C@H](CCc2ccc(-c3ncc(CCC)cn3)cc2C)CC1. The number of benzene rings is 1. The molecule has 0 N–H and O–H groups in total. The van der Waals surface area contributed by atoms with E-state index in [2.05, 4.69) is 48.9 Å². The van der Waals surface area contributed by atoms with Crippen molar-refractivity contribution in [1.29, 1.82) is 0 Å². The molecule has 2 aromatic rings. The molecular weight excluding hydrogens is 400 g/mol. The molecule has 1 heterocycles. The summed E-state index contributed by atoms with van der Waals surface area (Å²) in [5.74, 6) is 2.80. The zero-order valence-electron chi connectivity index (χ0n) is 21.7. The van der Waals surface area contributed by atoms with Crippen LogP contribution in [0, 0.1) is 18.8 Å². The molecule has 1 saturated carbocycles. The van der Waals surface area contributed by atoms with E-state index in [0.29, 0.717) is 0 Å². The van der Waals surface area contributed by atoms with Crippen LogP contribution in [0.4, 0.5) is 0 Å². The van der Waals surface area contributed by atoms with Crippen molar-refractivity contribution in [3.8, 4) is 11.4 Å². The quantitative estimate of drug-likeness (QED) is 0.269. The number of unbranched alkanes of at least 4 members (excludes halogenated alkanes) is 6. The predicted octanol–water partition coefficient (Wildman–Crippen LogP) is 9.28. The van der Waals surface area contributed by atoms with Crippen LogP contribution in [0.2, 0.25) is 0 Å². The highest BCUT2D eigenvalue weighted by atomic mass is 14.9. The van der Waals surface area contributed by atoms with Gasteiger partial charge >= 0.3 is 0 Å². The van der Waals surface area contributed by atoms with E-state index in [0.717, 1.165) is 36.1 Å². The van der Waals surface area contributed by atoms with Crippen LogP contribution in [0.15, 0.2) is 30.6 Å². The fourth-order valence-corrected chi connectivity index (χ4v) is 5.60. The molecule has 3 rings (SSSR count). The van der Waals surface area contributed by atoms with Crippen molar-refractivity contribution in [1.82, 2.24) is 9.97 Å². The number of aromatic nitrogens is 2. The molecule has 0 saturated heterocycles. The Labute approximate surface area is 204 Å². The van der Waals surface area contributed by atoms with Crippen molar-refractivity contribution in [3.63, 3.8) is 0 Å². The van der Waals surface area contributed by atoms with Gasteiger partial charge in [0.2, 0.25) is 0 Å². The van der Waals surface area contributed by atoms with Gasteiger partial charge in [-0.2, -0.15) is 0 Å². The van der Waals surface area contributed by atoms with E-state index in [9.17, 15) is 0 Å². The molecule has 2 nitrogen and oxygen atoms in total. The molecule has 0 amide bonds. The van der Waals surface area contributed by atoms with Gasteiger partial charge in [0.25, 0.3) is 0 Å². The fraction of sp³-hybridized carbons (Fsp3) is 0.677. The summed E-state index contributed by atoms with van der Waals surface area (Å²) in [5, 5.41) is 0. The average Bonchev–Trinajstić information content (AvgIpc) is 2.84. The van der Waals surface area contributed by atoms with Crippen molar-refractivity contribution in [2.24, 2.45) is 11.8 Å². The lowest BCUT2D eigenvalue weighted by atomic mass is 9.77. The normalized spacial score (nSPS) is 18.5. The Morgan fingerprint density at radius 2 is 1.36 bits per heavy atom. The summed E-state index contributed by atoms with van der Waals surface area (Å²) in [7, 11) is 0. The molecule has 0 unspecified atom stereocenters. The van der Waals surface area contributed by atoms with Crippen LogP contribution in [0.3, 0.4) is 0 Å². The van der Waals surface area contributed by atoms with Crippen molar-refractivity contribution in [3.05, 3.63) is 47.3 Å². The number of rotatable bonds is 14. The van der Waals surface area contributed by atoms with Crippen LogP contribution in [-0.4, -0.2) is 9.97 Å². The second kappa shape index (κ2) is 14.5. The third kappa shape index (κ3) is 8.87. The van der Waals surface area contributed by atoms with E-state index in [1.54, 1.807) is 0 Å². The maximum absolute atomic E-state index is 4.60. The minimum absolute atomic E-state index is 0.851. The lowest BCUT2D eigenvalue weighted by molar-refractivity contribution is 0.248. The maximum atomic E-state index is 4.60. The highest BCUT2D eigenvalue weighted by Crippen LogP contribution is 2.34. The summed E-state index contributed by atoms with van der Waals surface area (Å²) in [4.78, 5) is 9.19. The molecule has 1 aromatic carbocycles. The first-order valence-corrected chi connectivity index (χ1v) is 14.1. The first kappa shape index (κ1) is 25.9. The first-order chi connectivity index (χ1) is 16.2. The zero-order valence-corrected chi connectivity index (χ0v) is 21.7. The summed E-state index contributed by atoms with van der Waals surface area (Å²) in [6, 6.07) is 6.82. The maximum Gasteiger partial charge on any atom is 0.159 e. The van der Waals surface area contributed by atoms with Gasteiger partial charge in [-0.3, -0.25) is 0 Å². The molecule has 2 heteroatoms. The average molecular weight is 449 g/mol. The summed E-state index contributed by atoms with van der Waals surface area (Å²) in [6.07, 6.45) is 26.2. The number of hydrogen-bond donors (Lipinski definition) is 0. The van der Waals surface area contributed by atoms with Crippen molar-refractivity contribution in [2.45, 2.75) is 124 Å². The van der Waals surface area contributed by atoms with Gasteiger partial charge < -0.3 is 0 Å². The molecule has 1 aliphatic carbocycles. The number of nitrogens with zero attached hydrogens (tertiary/aromatic N) is 2. The van der Waals surface area contributed by atoms with Gasteiger partial charge in [-0.05, 0) is 60.8 Å². The van der Waals surface area contributed by atoms with Crippen LogP contribution >= 0.6 is 0 Å². The Morgan fingerprint density at radius 3 is 2.00 bits per heavy atom. The highest BCUT2D eigenvalue weighted by Gasteiger charge is 2.21. The fourth-order valence-electron chi connectivity index (χ4n) is 5.60. The Bertz CT molecular complexity index is 787. The molecular formula is C31H48N2. The van der Waals surface area contributed by atoms with Crippen LogP contribution in [0.5, 0.6) is 0 Å². The standard InChI is InChI=1S/C31H48N2/c1-4-6-7-8-9-10-11-13-26-14-16-27(17-15-26)18-19-29-20-21-30(22-25(29)3)31-32-23-28(12-5-2)24-33-31/h20-24,26-27H,4-19H2,1-3H3/t26-,27-. The third-order valence-corrected chi connectivity index (χ3v) is 7.85. The van der Waals surface area contributed by atoms with Crippen molar-refractivity contribution in [2.75, 3.05) is 0 Å². The summed E-state index contributed by atoms with van der Waals surface area (Å²) in [5.41, 5.74) is 5.27. The Hall–Kier alpha value is -1.70. The Kier molecular flexibility index (Phi) is 11.4. The van der Waals surface area contributed by atoms with E-state index < -0.39 is 0 Å². The molecule has 0 aliphatic heterocycles. The zero-order chi connectivity index (χ0) is 23.3. The topological polar surface area (TPSA) is 25.8 Å². The molecule has 0 radical (unpaired) electrons. The van der Waals surface area contributed by atoms with Gasteiger partial charge in [0.05, 0.1) is 0 Å². The minimum Gasteiger partial charge on any atom is -0.236 e. The largest absolute Gasteiger partial charge is 0.236 e. The second-order valence-corrected chi connectivity index (χ2v) is 10.6. The van der Waals surface area contributed by atoms with Gasteiger partial charge in [-0.15, -0.1) is 0 Å². The molecule has 0 spiro atoms. The Morgan fingerprint density at radius 1 is 0.727 bits per heavy atom.